The van der Waals surface area contributed by atoms with Gasteiger partial charge >= 0.3 is 0 Å². The average molecular weight is 369 g/mol. The number of ether oxygens (including phenoxy) is 3. The number of hydrogen-bond acceptors (Lipinski definition) is 6. The molecule has 0 aliphatic carbocycles. The summed E-state index contributed by atoms with van der Waals surface area (Å²) >= 11 is 0. The van der Waals surface area contributed by atoms with E-state index in [4.69, 9.17) is 14.2 Å². The third kappa shape index (κ3) is 3.38. The van der Waals surface area contributed by atoms with Crippen LogP contribution in [0.5, 0.6) is 17.2 Å². The third-order valence-electron chi connectivity index (χ3n) is 4.54. The molecule has 4 rings (SSSR count). The first kappa shape index (κ1) is 17.1. The molecule has 2 aromatic rings. The zero-order valence-corrected chi connectivity index (χ0v) is 14.9. The number of carbonyl (C=O) groups is 2. The summed E-state index contributed by atoms with van der Waals surface area (Å²) in [6.07, 6.45) is 4.04. The van der Waals surface area contributed by atoms with Crippen molar-refractivity contribution in [1.82, 2.24) is 15.2 Å². The Morgan fingerprint density at radius 3 is 3.11 bits per heavy atom. The van der Waals surface area contributed by atoms with Crippen molar-refractivity contribution >= 4 is 11.8 Å². The molecular weight excluding hydrogens is 350 g/mol. The predicted molar refractivity (Wildman–Crippen MR) is 94.8 cm³/mol. The van der Waals surface area contributed by atoms with Gasteiger partial charge < -0.3 is 24.4 Å². The molecule has 0 saturated carbocycles. The van der Waals surface area contributed by atoms with Crippen LogP contribution in [0.3, 0.4) is 0 Å². The standard InChI is InChI=1S/C19H19N3O5/c1-22-6-4-13-7-14-17(27-11-26-14)18(16(13)19(22)24)25-10-15(23)21-9-12-3-2-5-20-8-12/h2-3,5,7-8H,4,6,9-11H2,1H3,(H,21,23). The summed E-state index contributed by atoms with van der Waals surface area (Å²) in [5.41, 5.74) is 2.17. The van der Waals surface area contributed by atoms with Gasteiger partial charge in [-0.3, -0.25) is 14.6 Å². The first-order chi connectivity index (χ1) is 13.1. The van der Waals surface area contributed by atoms with Gasteiger partial charge in [0.2, 0.25) is 12.5 Å². The lowest BCUT2D eigenvalue weighted by molar-refractivity contribution is -0.123. The quantitative estimate of drug-likeness (QED) is 0.850. The van der Waals surface area contributed by atoms with Gasteiger partial charge in [0.1, 0.15) is 0 Å². The maximum Gasteiger partial charge on any atom is 0.258 e. The molecule has 1 aromatic carbocycles. The minimum absolute atomic E-state index is 0.0613. The Hall–Kier alpha value is -3.29. The number of fused-ring (bicyclic) bond motifs is 2. The van der Waals surface area contributed by atoms with E-state index in [1.807, 2.05) is 12.1 Å². The molecule has 1 aromatic heterocycles. The van der Waals surface area contributed by atoms with Gasteiger partial charge in [0.05, 0.1) is 5.56 Å². The Kier molecular flexibility index (Phi) is 4.53. The van der Waals surface area contributed by atoms with E-state index in [1.165, 1.54) is 0 Å². The van der Waals surface area contributed by atoms with Crippen LogP contribution < -0.4 is 19.5 Å². The van der Waals surface area contributed by atoms with Crippen LogP contribution >= 0.6 is 0 Å². The number of benzene rings is 1. The largest absolute Gasteiger partial charge is 0.479 e. The number of nitrogens with one attached hydrogen (secondary N) is 1. The zero-order valence-electron chi connectivity index (χ0n) is 14.9. The minimum Gasteiger partial charge on any atom is -0.479 e. The molecule has 0 atom stereocenters. The number of likely N-dealkylation sites (N-methyl/N-ethyl adjacent to an activating group) is 1. The maximum atomic E-state index is 12.6. The van der Waals surface area contributed by atoms with Crippen LogP contribution in [0.4, 0.5) is 0 Å². The van der Waals surface area contributed by atoms with Crippen molar-refractivity contribution in [3.8, 4) is 17.2 Å². The molecule has 0 spiro atoms. The summed E-state index contributed by atoms with van der Waals surface area (Å²) in [6.45, 7) is 0.800. The number of carbonyl (C=O) groups excluding carboxylic acids is 2. The fraction of sp³-hybridized carbons (Fsp3) is 0.316. The maximum absolute atomic E-state index is 12.6. The van der Waals surface area contributed by atoms with E-state index in [2.05, 4.69) is 10.3 Å². The number of rotatable bonds is 5. The first-order valence-electron chi connectivity index (χ1n) is 8.63. The van der Waals surface area contributed by atoms with Crippen LogP contribution in [0.15, 0.2) is 30.6 Å². The summed E-state index contributed by atoms with van der Waals surface area (Å²) in [6, 6.07) is 5.49. The summed E-state index contributed by atoms with van der Waals surface area (Å²) in [5.74, 6) is 0.725. The van der Waals surface area contributed by atoms with Gasteiger partial charge in [-0.05, 0) is 29.7 Å². The minimum atomic E-state index is -0.305. The molecule has 8 nitrogen and oxygen atoms in total. The average Bonchev–Trinajstić information content (AvgIpc) is 3.16. The van der Waals surface area contributed by atoms with Crippen molar-refractivity contribution in [1.29, 1.82) is 0 Å². The van der Waals surface area contributed by atoms with Crippen LogP contribution in [0, 0.1) is 0 Å². The van der Waals surface area contributed by atoms with E-state index < -0.39 is 0 Å². The summed E-state index contributed by atoms with van der Waals surface area (Å²) in [7, 11) is 1.74. The lowest BCUT2D eigenvalue weighted by atomic mass is 9.97. The van der Waals surface area contributed by atoms with Gasteiger partial charge in [-0.15, -0.1) is 0 Å². The molecule has 8 heteroatoms. The Morgan fingerprint density at radius 2 is 2.30 bits per heavy atom. The Morgan fingerprint density at radius 1 is 1.41 bits per heavy atom. The fourth-order valence-electron chi connectivity index (χ4n) is 3.10. The number of hydrogen-bond donors (Lipinski definition) is 1. The van der Waals surface area contributed by atoms with Gasteiger partial charge in [-0.2, -0.15) is 0 Å². The summed E-state index contributed by atoms with van der Waals surface area (Å²) in [4.78, 5) is 30.4. The number of pyridine rings is 1. The molecule has 3 heterocycles. The highest BCUT2D eigenvalue weighted by Crippen LogP contribution is 2.46. The third-order valence-corrected chi connectivity index (χ3v) is 4.54. The number of amides is 2. The molecule has 2 amide bonds. The van der Waals surface area contributed by atoms with Crippen molar-refractivity contribution in [2.24, 2.45) is 0 Å². The fourth-order valence-corrected chi connectivity index (χ4v) is 3.10. The van der Waals surface area contributed by atoms with Crippen LogP contribution in [0.2, 0.25) is 0 Å². The van der Waals surface area contributed by atoms with Gasteiger partial charge in [-0.25, -0.2) is 0 Å². The topological polar surface area (TPSA) is 90.0 Å². The smallest absolute Gasteiger partial charge is 0.258 e. The Labute approximate surface area is 156 Å². The van der Waals surface area contributed by atoms with Gasteiger partial charge in [0, 0.05) is 32.5 Å². The molecule has 0 bridgehead atoms. The van der Waals surface area contributed by atoms with Crippen LogP contribution in [0.25, 0.3) is 0 Å². The Bertz CT molecular complexity index is 885. The van der Waals surface area contributed by atoms with Crippen molar-refractivity contribution in [3.05, 3.63) is 47.3 Å². The van der Waals surface area contributed by atoms with Gasteiger partial charge in [0.15, 0.2) is 18.1 Å². The van der Waals surface area contributed by atoms with Crippen molar-refractivity contribution in [2.75, 3.05) is 27.0 Å². The molecule has 27 heavy (non-hydrogen) atoms. The van der Waals surface area contributed by atoms with E-state index in [1.54, 1.807) is 30.4 Å². The van der Waals surface area contributed by atoms with E-state index in [-0.39, 0.29) is 31.0 Å². The highest BCUT2D eigenvalue weighted by Gasteiger charge is 2.33. The van der Waals surface area contributed by atoms with E-state index in [9.17, 15) is 9.59 Å². The molecule has 1 N–H and O–H groups in total. The van der Waals surface area contributed by atoms with Crippen molar-refractivity contribution < 1.29 is 23.8 Å². The lowest BCUT2D eigenvalue weighted by Crippen LogP contribution is -2.35. The van der Waals surface area contributed by atoms with E-state index in [0.717, 1.165) is 11.1 Å². The normalized spacial score (nSPS) is 14.7. The highest BCUT2D eigenvalue weighted by molar-refractivity contribution is 6.01. The lowest BCUT2D eigenvalue weighted by Gasteiger charge is -2.27. The number of nitrogens with zero attached hydrogens (tertiary/aromatic N) is 2. The van der Waals surface area contributed by atoms with E-state index in [0.29, 0.717) is 36.6 Å². The van der Waals surface area contributed by atoms with Crippen LogP contribution in [-0.2, 0) is 17.8 Å². The SMILES string of the molecule is CN1CCc2cc3c(c(OCC(=O)NCc4cccnc4)c2C1=O)OCO3. The molecule has 2 aliphatic heterocycles. The monoisotopic (exact) mass is 369 g/mol. The van der Waals surface area contributed by atoms with Crippen LogP contribution in [-0.4, -0.2) is 48.7 Å². The molecule has 0 fully saturated rings. The van der Waals surface area contributed by atoms with Crippen LogP contribution in [0.1, 0.15) is 21.5 Å². The highest BCUT2D eigenvalue weighted by atomic mass is 16.7. The second-order valence-electron chi connectivity index (χ2n) is 6.38. The molecule has 0 saturated heterocycles. The molecule has 0 radical (unpaired) electrons. The second-order valence-corrected chi connectivity index (χ2v) is 6.38. The Balaban J connectivity index is 1.51. The summed E-state index contributed by atoms with van der Waals surface area (Å²) < 4.78 is 16.7. The molecule has 2 aliphatic rings. The molecular formula is C19H19N3O5. The van der Waals surface area contributed by atoms with Gasteiger partial charge in [0.25, 0.3) is 11.8 Å². The summed E-state index contributed by atoms with van der Waals surface area (Å²) in [5, 5.41) is 2.77. The van der Waals surface area contributed by atoms with Gasteiger partial charge in [-0.1, -0.05) is 6.07 Å². The molecule has 0 unspecified atom stereocenters. The second kappa shape index (κ2) is 7.14. The predicted octanol–water partition coefficient (Wildman–Crippen LogP) is 1.13. The van der Waals surface area contributed by atoms with Crippen molar-refractivity contribution in [3.63, 3.8) is 0 Å². The molecule has 140 valence electrons. The first-order valence-corrected chi connectivity index (χ1v) is 8.63. The van der Waals surface area contributed by atoms with Crippen molar-refractivity contribution in [2.45, 2.75) is 13.0 Å². The zero-order chi connectivity index (χ0) is 18.8. The van der Waals surface area contributed by atoms with E-state index >= 15 is 0 Å². The number of aromatic nitrogens is 1.